The van der Waals surface area contributed by atoms with Crippen LogP contribution in [-0.4, -0.2) is 46.9 Å². The second kappa shape index (κ2) is 56.5. The van der Waals surface area contributed by atoms with Gasteiger partial charge < -0.3 is 20.3 Å². The van der Waals surface area contributed by atoms with E-state index < -0.39 is 18.2 Å². The Hall–Kier alpha value is -1.40. The molecule has 3 atom stereocenters. The van der Waals surface area contributed by atoms with Crippen LogP contribution in [0.1, 0.15) is 348 Å². The van der Waals surface area contributed by atoms with Gasteiger partial charge in [0.25, 0.3) is 0 Å². The third-order valence-corrected chi connectivity index (χ3v) is 14.6. The predicted molar refractivity (Wildman–Crippen MR) is 297 cm³/mol. The van der Waals surface area contributed by atoms with Gasteiger partial charge in [-0.1, -0.05) is 296 Å². The summed E-state index contributed by atoms with van der Waals surface area (Å²) in [7, 11) is 0. The zero-order chi connectivity index (χ0) is 49.5. The van der Waals surface area contributed by atoms with E-state index in [9.17, 15) is 19.8 Å². The lowest BCUT2D eigenvalue weighted by Gasteiger charge is -2.24. The number of hydrogen-bond acceptors (Lipinski definition) is 5. The average Bonchev–Trinajstić information content (AvgIpc) is 3.33. The molecule has 0 saturated carbocycles. The number of amides is 1. The molecule has 68 heavy (non-hydrogen) atoms. The third-order valence-electron chi connectivity index (χ3n) is 14.6. The van der Waals surface area contributed by atoms with Crippen molar-refractivity contribution < 1.29 is 24.5 Å². The van der Waals surface area contributed by atoms with Crippen molar-refractivity contribution in [2.45, 2.75) is 366 Å². The molecule has 6 nitrogen and oxygen atoms in total. The number of carbonyl (C=O) groups excluding carboxylic acids is 2. The highest BCUT2D eigenvalue weighted by atomic mass is 16.5. The van der Waals surface area contributed by atoms with E-state index in [0.717, 1.165) is 57.8 Å². The van der Waals surface area contributed by atoms with Gasteiger partial charge in [0.2, 0.25) is 5.91 Å². The van der Waals surface area contributed by atoms with E-state index in [-0.39, 0.29) is 24.9 Å². The number of allylic oxidation sites excluding steroid dienone is 2. The summed E-state index contributed by atoms with van der Waals surface area (Å²) in [4.78, 5) is 26.3. The fraction of sp³-hybridized carbons (Fsp3) is 0.935. The van der Waals surface area contributed by atoms with Gasteiger partial charge in [-0.3, -0.25) is 9.59 Å². The number of ether oxygens (including phenoxy) is 1. The Morgan fingerprint density at radius 1 is 0.412 bits per heavy atom. The van der Waals surface area contributed by atoms with Gasteiger partial charge in [0.05, 0.1) is 25.2 Å². The minimum absolute atomic E-state index is 0.0751. The third kappa shape index (κ3) is 51.0. The molecule has 0 heterocycles. The standard InChI is InChI=1S/C62H121NO5/c1-4-7-10-13-16-19-22-25-28-31-33-36-39-42-45-48-51-54-60(65)59(57-64)63-61(66)56-58(53-50-47-44-41-38-35-32-29-26-23-20-17-14-11-8-5-2)68-62(67)55-52-49-46-43-40-37-34-30-27-24-21-18-15-12-9-6-3/h35,38,58-60,64-65H,4-34,36-37,39-57H2,1-3H3,(H,63,66)/b38-35+. The zero-order valence-electron chi connectivity index (χ0n) is 46.3. The molecular formula is C62H121NO5. The molecule has 3 N–H and O–H groups in total. The smallest absolute Gasteiger partial charge is 0.306 e. The summed E-state index contributed by atoms with van der Waals surface area (Å²) in [6.07, 6.45) is 65.7. The molecule has 404 valence electrons. The molecule has 0 spiro atoms. The fourth-order valence-electron chi connectivity index (χ4n) is 9.90. The first-order valence-corrected chi connectivity index (χ1v) is 30.9. The lowest BCUT2D eigenvalue weighted by molar-refractivity contribution is -0.151. The van der Waals surface area contributed by atoms with E-state index >= 15 is 0 Å². The molecule has 0 fully saturated rings. The lowest BCUT2D eigenvalue weighted by Crippen LogP contribution is -2.46. The van der Waals surface area contributed by atoms with Gasteiger partial charge in [0.1, 0.15) is 6.10 Å². The van der Waals surface area contributed by atoms with E-state index in [4.69, 9.17) is 4.74 Å². The van der Waals surface area contributed by atoms with Crippen molar-refractivity contribution in [1.82, 2.24) is 5.32 Å². The van der Waals surface area contributed by atoms with E-state index in [1.807, 2.05) is 0 Å². The maximum Gasteiger partial charge on any atom is 0.306 e. The van der Waals surface area contributed by atoms with Gasteiger partial charge in [-0.25, -0.2) is 0 Å². The van der Waals surface area contributed by atoms with Crippen molar-refractivity contribution in [3.63, 3.8) is 0 Å². The van der Waals surface area contributed by atoms with Gasteiger partial charge in [0.15, 0.2) is 0 Å². The molecule has 0 saturated heterocycles. The fourth-order valence-corrected chi connectivity index (χ4v) is 9.90. The summed E-state index contributed by atoms with van der Waals surface area (Å²) in [6, 6.07) is -0.702. The minimum Gasteiger partial charge on any atom is -0.462 e. The Labute approximate surface area is 425 Å². The summed E-state index contributed by atoms with van der Waals surface area (Å²) >= 11 is 0. The Morgan fingerprint density at radius 3 is 1.06 bits per heavy atom. The van der Waals surface area contributed by atoms with Crippen LogP contribution in [0.25, 0.3) is 0 Å². The summed E-state index contributed by atoms with van der Waals surface area (Å²) in [5.41, 5.74) is 0. The second-order valence-corrected chi connectivity index (χ2v) is 21.5. The molecule has 0 aromatic heterocycles. The number of nitrogens with one attached hydrogen (secondary N) is 1. The van der Waals surface area contributed by atoms with Crippen LogP contribution in [0.5, 0.6) is 0 Å². The van der Waals surface area contributed by atoms with Crippen LogP contribution in [-0.2, 0) is 14.3 Å². The molecule has 0 aromatic carbocycles. The van der Waals surface area contributed by atoms with E-state index in [0.29, 0.717) is 19.3 Å². The quantitative estimate of drug-likeness (QED) is 0.0321. The highest BCUT2D eigenvalue weighted by Gasteiger charge is 2.24. The maximum atomic E-state index is 13.3. The first-order chi connectivity index (χ1) is 33.5. The van der Waals surface area contributed by atoms with Crippen molar-refractivity contribution in [1.29, 1.82) is 0 Å². The predicted octanol–water partition coefficient (Wildman–Crippen LogP) is 19.2. The molecule has 1 amide bonds. The van der Waals surface area contributed by atoms with Crippen molar-refractivity contribution >= 4 is 11.9 Å². The second-order valence-electron chi connectivity index (χ2n) is 21.5. The van der Waals surface area contributed by atoms with Gasteiger partial charge in [-0.2, -0.15) is 0 Å². The number of hydrogen-bond donors (Lipinski definition) is 3. The normalized spacial score (nSPS) is 13.1. The molecule has 0 radical (unpaired) electrons. The lowest BCUT2D eigenvalue weighted by atomic mass is 10.0. The highest BCUT2D eigenvalue weighted by molar-refractivity contribution is 5.77. The molecule has 0 bridgehead atoms. The van der Waals surface area contributed by atoms with E-state index in [1.54, 1.807) is 0 Å². The van der Waals surface area contributed by atoms with E-state index in [2.05, 4.69) is 38.2 Å². The van der Waals surface area contributed by atoms with Gasteiger partial charge in [-0.05, 0) is 51.4 Å². The Morgan fingerprint density at radius 2 is 0.706 bits per heavy atom. The van der Waals surface area contributed by atoms with Gasteiger partial charge in [-0.15, -0.1) is 0 Å². The van der Waals surface area contributed by atoms with Gasteiger partial charge in [0, 0.05) is 6.42 Å². The van der Waals surface area contributed by atoms with Crippen LogP contribution >= 0.6 is 0 Å². The van der Waals surface area contributed by atoms with Crippen molar-refractivity contribution in [2.24, 2.45) is 0 Å². The first kappa shape index (κ1) is 66.6. The van der Waals surface area contributed by atoms with Crippen molar-refractivity contribution in [3.8, 4) is 0 Å². The topological polar surface area (TPSA) is 95.9 Å². The maximum absolute atomic E-state index is 13.3. The molecule has 0 aromatic rings. The summed E-state index contributed by atoms with van der Waals surface area (Å²) in [6.45, 7) is 6.54. The van der Waals surface area contributed by atoms with Crippen LogP contribution in [0.15, 0.2) is 12.2 Å². The number of carbonyl (C=O) groups is 2. The SMILES string of the molecule is CCCCCCCCCCC/C=C/CCCCCC(CC(=O)NC(CO)C(O)CCCCCCCCCCCCCCCCCCC)OC(=O)CCCCCCCCCCCCCCCCCC. The van der Waals surface area contributed by atoms with Crippen LogP contribution < -0.4 is 5.32 Å². The molecule has 0 rings (SSSR count). The van der Waals surface area contributed by atoms with Crippen LogP contribution in [0.2, 0.25) is 0 Å². The van der Waals surface area contributed by atoms with Crippen molar-refractivity contribution in [2.75, 3.05) is 6.61 Å². The average molecular weight is 961 g/mol. The molecule has 6 heteroatoms. The largest absolute Gasteiger partial charge is 0.462 e. The highest BCUT2D eigenvalue weighted by Crippen LogP contribution is 2.19. The first-order valence-electron chi connectivity index (χ1n) is 30.9. The van der Waals surface area contributed by atoms with Gasteiger partial charge >= 0.3 is 5.97 Å². The molecule has 0 aliphatic carbocycles. The Bertz CT molecular complexity index is 1030. The summed E-state index contributed by atoms with van der Waals surface area (Å²) in [5.74, 6) is -0.463. The van der Waals surface area contributed by atoms with Crippen LogP contribution in [0.4, 0.5) is 0 Å². The van der Waals surface area contributed by atoms with Crippen LogP contribution in [0, 0.1) is 0 Å². The Kier molecular flexibility index (Phi) is 55.3. The summed E-state index contributed by atoms with van der Waals surface area (Å²) < 4.78 is 5.97. The number of rotatable bonds is 57. The molecular weight excluding hydrogens is 839 g/mol. The number of aliphatic hydroxyl groups excluding tert-OH is 2. The minimum atomic E-state index is -0.787. The van der Waals surface area contributed by atoms with Crippen molar-refractivity contribution in [3.05, 3.63) is 12.2 Å². The number of aliphatic hydroxyl groups is 2. The molecule has 0 aliphatic rings. The molecule has 3 unspecified atom stereocenters. The Balaban J connectivity index is 4.50. The van der Waals surface area contributed by atoms with E-state index in [1.165, 1.54) is 244 Å². The zero-order valence-corrected chi connectivity index (χ0v) is 46.3. The number of esters is 1. The number of unbranched alkanes of at least 4 members (excludes halogenated alkanes) is 43. The summed E-state index contributed by atoms with van der Waals surface area (Å²) in [5, 5.41) is 24.0. The molecule has 0 aliphatic heterocycles. The van der Waals surface area contributed by atoms with Crippen LogP contribution in [0.3, 0.4) is 0 Å². The monoisotopic (exact) mass is 960 g/mol.